The fourth-order valence-electron chi connectivity index (χ4n) is 1.55. The minimum atomic E-state index is -0.154. The molecule has 1 aromatic carbocycles. The standard InChI is InChI=1S/C13H11ClINO2S/c1-7-3-10(11(18-2)5-9(7)14)16-13(17)8-4-12(15)19-6-8/h3-6H,1-2H3,(H,16,17). The molecule has 1 heterocycles. The Labute approximate surface area is 134 Å². The van der Waals surface area contributed by atoms with E-state index in [4.69, 9.17) is 16.3 Å². The number of nitrogens with one attached hydrogen (secondary N) is 1. The number of benzene rings is 1. The lowest BCUT2D eigenvalue weighted by Crippen LogP contribution is -2.12. The smallest absolute Gasteiger partial charge is 0.256 e. The topological polar surface area (TPSA) is 38.3 Å². The first-order valence-electron chi connectivity index (χ1n) is 5.41. The predicted molar refractivity (Wildman–Crippen MR) is 87.7 cm³/mol. The van der Waals surface area contributed by atoms with Crippen LogP contribution in [-0.4, -0.2) is 13.0 Å². The van der Waals surface area contributed by atoms with Gasteiger partial charge in [0.2, 0.25) is 0 Å². The number of hydrogen-bond acceptors (Lipinski definition) is 3. The maximum atomic E-state index is 12.1. The van der Waals surface area contributed by atoms with Gasteiger partial charge in [0.15, 0.2) is 0 Å². The van der Waals surface area contributed by atoms with Gasteiger partial charge >= 0.3 is 0 Å². The number of carbonyl (C=O) groups is 1. The van der Waals surface area contributed by atoms with Gasteiger partial charge in [-0.05, 0) is 47.2 Å². The summed E-state index contributed by atoms with van der Waals surface area (Å²) in [5, 5.41) is 5.28. The molecule has 0 aliphatic carbocycles. The molecule has 2 aromatic rings. The van der Waals surface area contributed by atoms with E-state index in [1.807, 2.05) is 18.4 Å². The number of hydrogen-bond donors (Lipinski definition) is 1. The minimum absolute atomic E-state index is 0.154. The number of amides is 1. The lowest BCUT2D eigenvalue weighted by atomic mass is 10.2. The fraction of sp³-hybridized carbons (Fsp3) is 0.154. The summed E-state index contributed by atoms with van der Waals surface area (Å²) in [6.45, 7) is 1.88. The first kappa shape index (κ1) is 14.6. The Morgan fingerprint density at radius 3 is 2.74 bits per heavy atom. The van der Waals surface area contributed by atoms with Crippen molar-refractivity contribution in [3.63, 3.8) is 0 Å². The van der Waals surface area contributed by atoms with E-state index >= 15 is 0 Å². The van der Waals surface area contributed by atoms with Crippen molar-refractivity contribution in [2.24, 2.45) is 0 Å². The molecule has 0 fully saturated rings. The van der Waals surface area contributed by atoms with E-state index in [0.29, 0.717) is 22.0 Å². The van der Waals surface area contributed by atoms with E-state index in [1.165, 1.54) is 11.3 Å². The SMILES string of the molecule is COc1cc(Cl)c(C)cc1NC(=O)c1csc(I)c1. The van der Waals surface area contributed by atoms with Gasteiger partial charge < -0.3 is 10.1 Å². The molecule has 100 valence electrons. The highest BCUT2D eigenvalue weighted by Gasteiger charge is 2.13. The Balaban J connectivity index is 2.28. The second kappa shape index (κ2) is 6.11. The van der Waals surface area contributed by atoms with Gasteiger partial charge in [-0.2, -0.15) is 0 Å². The molecule has 1 aromatic heterocycles. The van der Waals surface area contributed by atoms with E-state index < -0.39 is 0 Å². The third-order valence-corrected chi connectivity index (χ3v) is 4.75. The summed E-state index contributed by atoms with van der Waals surface area (Å²) in [5.74, 6) is 0.396. The van der Waals surface area contributed by atoms with Crippen molar-refractivity contribution in [3.05, 3.63) is 42.6 Å². The van der Waals surface area contributed by atoms with Gasteiger partial charge in [-0.1, -0.05) is 11.6 Å². The van der Waals surface area contributed by atoms with Gasteiger partial charge in [0, 0.05) is 16.5 Å². The average molecular weight is 408 g/mol. The zero-order chi connectivity index (χ0) is 14.0. The number of anilines is 1. The molecule has 19 heavy (non-hydrogen) atoms. The Bertz CT molecular complexity index is 627. The van der Waals surface area contributed by atoms with Crippen LogP contribution in [0.3, 0.4) is 0 Å². The first-order chi connectivity index (χ1) is 9.01. The molecular formula is C13H11ClINO2S. The second-order valence-electron chi connectivity index (χ2n) is 3.90. The molecule has 0 radical (unpaired) electrons. The molecule has 2 rings (SSSR count). The Morgan fingerprint density at radius 2 is 2.16 bits per heavy atom. The van der Waals surface area contributed by atoms with Crippen LogP contribution in [0, 0.1) is 9.81 Å². The third-order valence-electron chi connectivity index (χ3n) is 2.56. The van der Waals surface area contributed by atoms with E-state index in [0.717, 1.165) is 8.45 Å². The van der Waals surface area contributed by atoms with Gasteiger partial charge in [0.05, 0.1) is 21.2 Å². The molecule has 1 amide bonds. The summed E-state index contributed by atoms with van der Waals surface area (Å²) in [6, 6.07) is 5.34. The van der Waals surface area contributed by atoms with Crippen LogP contribution < -0.4 is 10.1 Å². The normalized spacial score (nSPS) is 10.3. The van der Waals surface area contributed by atoms with Gasteiger partial charge in [-0.15, -0.1) is 11.3 Å². The molecule has 0 unspecified atom stereocenters. The quantitative estimate of drug-likeness (QED) is 0.757. The first-order valence-corrected chi connectivity index (χ1v) is 7.74. The highest BCUT2D eigenvalue weighted by molar-refractivity contribution is 14.1. The molecule has 0 saturated carbocycles. The summed E-state index contributed by atoms with van der Waals surface area (Å²) < 4.78 is 6.30. The molecule has 0 spiro atoms. The van der Waals surface area contributed by atoms with Gasteiger partial charge in [-0.25, -0.2) is 0 Å². The van der Waals surface area contributed by atoms with Crippen molar-refractivity contribution in [2.75, 3.05) is 12.4 Å². The van der Waals surface area contributed by atoms with Crippen molar-refractivity contribution in [2.45, 2.75) is 6.92 Å². The van der Waals surface area contributed by atoms with E-state index in [2.05, 4.69) is 27.9 Å². The molecule has 1 N–H and O–H groups in total. The van der Waals surface area contributed by atoms with Crippen molar-refractivity contribution in [1.29, 1.82) is 0 Å². The number of rotatable bonds is 3. The predicted octanol–water partition coefficient (Wildman–Crippen LogP) is 4.58. The highest BCUT2D eigenvalue weighted by Crippen LogP contribution is 2.31. The summed E-state index contributed by atoms with van der Waals surface area (Å²) >= 11 is 9.75. The van der Waals surface area contributed by atoms with Crippen molar-refractivity contribution in [1.82, 2.24) is 0 Å². The summed E-state index contributed by atoms with van der Waals surface area (Å²) in [4.78, 5) is 12.1. The number of methoxy groups -OCH3 is 1. The van der Waals surface area contributed by atoms with Gasteiger partial charge in [-0.3, -0.25) is 4.79 Å². The molecule has 0 aliphatic rings. The fourth-order valence-corrected chi connectivity index (χ4v) is 3.03. The maximum absolute atomic E-state index is 12.1. The van der Waals surface area contributed by atoms with E-state index in [1.54, 1.807) is 19.2 Å². The van der Waals surface area contributed by atoms with E-state index in [-0.39, 0.29) is 5.91 Å². The van der Waals surface area contributed by atoms with Crippen LogP contribution in [0.5, 0.6) is 5.75 Å². The number of halogens is 2. The largest absolute Gasteiger partial charge is 0.495 e. The van der Waals surface area contributed by atoms with Crippen molar-refractivity contribution >= 4 is 57.1 Å². The summed E-state index contributed by atoms with van der Waals surface area (Å²) in [7, 11) is 1.55. The molecule has 6 heteroatoms. The minimum Gasteiger partial charge on any atom is -0.495 e. The van der Waals surface area contributed by atoms with Crippen LogP contribution in [0.1, 0.15) is 15.9 Å². The molecular weight excluding hydrogens is 397 g/mol. The maximum Gasteiger partial charge on any atom is 0.256 e. The molecule has 0 bridgehead atoms. The van der Waals surface area contributed by atoms with Gasteiger partial charge in [0.1, 0.15) is 5.75 Å². The van der Waals surface area contributed by atoms with Gasteiger partial charge in [0.25, 0.3) is 5.91 Å². The number of aryl methyl sites for hydroxylation is 1. The van der Waals surface area contributed by atoms with Crippen molar-refractivity contribution < 1.29 is 9.53 Å². The number of ether oxygens (including phenoxy) is 1. The Hall–Kier alpha value is -0.790. The van der Waals surface area contributed by atoms with Crippen LogP contribution in [0.2, 0.25) is 5.02 Å². The van der Waals surface area contributed by atoms with Crippen LogP contribution >= 0.6 is 45.5 Å². The number of thiophene rings is 1. The number of carbonyl (C=O) groups excluding carboxylic acids is 1. The lowest BCUT2D eigenvalue weighted by Gasteiger charge is -2.11. The Kier molecular flexibility index (Phi) is 4.70. The van der Waals surface area contributed by atoms with E-state index in [9.17, 15) is 4.79 Å². The van der Waals surface area contributed by atoms with Crippen LogP contribution in [-0.2, 0) is 0 Å². The second-order valence-corrected chi connectivity index (χ2v) is 7.11. The highest BCUT2D eigenvalue weighted by atomic mass is 127. The average Bonchev–Trinajstić information content (AvgIpc) is 2.80. The van der Waals surface area contributed by atoms with Crippen LogP contribution in [0.25, 0.3) is 0 Å². The third kappa shape index (κ3) is 3.40. The Morgan fingerprint density at radius 1 is 1.42 bits per heavy atom. The summed E-state index contributed by atoms with van der Waals surface area (Å²) in [6.07, 6.45) is 0. The summed E-state index contributed by atoms with van der Waals surface area (Å²) in [5.41, 5.74) is 2.15. The monoisotopic (exact) mass is 407 g/mol. The van der Waals surface area contributed by atoms with Crippen LogP contribution in [0.15, 0.2) is 23.6 Å². The molecule has 0 aliphatic heterocycles. The molecule has 0 saturated heterocycles. The lowest BCUT2D eigenvalue weighted by molar-refractivity contribution is 0.102. The zero-order valence-electron chi connectivity index (χ0n) is 10.3. The molecule has 3 nitrogen and oxygen atoms in total. The zero-order valence-corrected chi connectivity index (χ0v) is 14.0. The van der Waals surface area contributed by atoms with Crippen LogP contribution in [0.4, 0.5) is 5.69 Å². The molecule has 0 atom stereocenters. The van der Waals surface area contributed by atoms with Crippen molar-refractivity contribution in [3.8, 4) is 5.75 Å².